The van der Waals surface area contributed by atoms with Gasteiger partial charge in [-0.05, 0) is 61.8 Å². The van der Waals surface area contributed by atoms with Crippen LogP contribution in [0, 0.1) is 11.8 Å². The Labute approximate surface area is 210 Å². The minimum absolute atomic E-state index is 0.115. The van der Waals surface area contributed by atoms with Crippen molar-refractivity contribution >= 4 is 28.7 Å². The lowest BCUT2D eigenvalue weighted by Crippen LogP contribution is -2.34. The summed E-state index contributed by atoms with van der Waals surface area (Å²) in [4.78, 5) is 33.2. The SMILES string of the molecule is COCCNc1ccc(-c2cc(C(=O)NC[C@H]3CC[C@H](CNC(=O)O)CC3)c3ccccc3n2)cn1. The number of nitrogens with zero attached hydrogens (tertiary/aromatic N) is 2. The molecule has 0 saturated heterocycles. The fraction of sp³-hybridized carbons (Fsp3) is 0.407. The molecule has 3 aromatic rings. The van der Waals surface area contributed by atoms with Crippen molar-refractivity contribution in [1.82, 2.24) is 20.6 Å². The van der Waals surface area contributed by atoms with Crippen LogP contribution in [-0.4, -0.2) is 60.4 Å². The molecule has 190 valence electrons. The van der Waals surface area contributed by atoms with Crippen molar-refractivity contribution < 1.29 is 19.4 Å². The highest BCUT2D eigenvalue weighted by Gasteiger charge is 2.22. The van der Waals surface area contributed by atoms with E-state index < -0.39 is 6.09 Å². The van der Waals surface area contributed by atoms with Gasteiger partial charge in [0.25, 0.3) is 5.91 Å². The Kier molecular flexibility index (Phi) is 8.67. The van der Waals surface area contributed by atoms with E-state index in [1.807, 2.05) is 42.5 Å². The first-order valence-electron chi connectivity index (χ1n) is 12.4. The second-order valence-electron chi connectivity index (χ2n) is 9.21. The Hall–Kier alpha value is -3.72. The predicted octanol–water partition coefficient (Wildman–Crippen LogP) is 4.16. The fourth-order valence-electron chi connectivity index (χ4n) is 4.65. The molecule has 2 heterocycles. The van der Waals surface area contributed by atoms with E-state index in [9.17, 15) is 9.59 Å². The first kappa shape index (κ1) is 25.4. The van der Waals surface area contributed by atoms with Gasteiger partial charge in [0.2, 0.25) is 0 Å². The van der Waals surface area contributed by atoms with Crippen LogP contribution in [0.4, 0.5) is 10.6 Å². The van der Waals surface area contributed by atoms with E-state index in [1.165, 1.54) is 0 Å². The molecule has 0 atom stereocenters. The number of pyridine rings is 2. The quantitative estimate of drug-likeness (QED) is 0.314. The third-order valence-corrected chi connectivity index (χ3v) is 6.69. The van der Waals surface area contributed by atoms with E-state index >= 15 is 0 Å². The van der Waals surface area contributed by atoms with Crippen LogP contribution in [0.2, 0.25) is 0 Å². The van der Waals surface area contributed by atoms with E-state index in [4.69, 9.17) is 14.8 Å². The summed E-state index contributed by atoms with van der Waals surface area (Å²) < 4.78 is 5.05. The second kappa shape index (κ2) is 12.3. The topological polar surface area (TPSA) is 125 Å². The highest BCUT2D eigenvalue weighted by molar-refractivity contribution is 6.07. The average Bonchev–Trinajstić information content (AvgIpc) is 2.91. The molecule has 4 rings (SSSR count). The first-order valence-corrected chi connectivity index (χ1v) is 12.4. The third-order valence-electron chi connectivity index (χ3n) is 6.69. The van der Waals surface area contributed by atoms with E-state index in [1.54, 1.807) is 13.3 Å². The van der Waals surface area contributed by atoms with Gasteiger partial charge in [-0.2, -0.15) is 0 Å². The largest absolute Gasteiger partial charge is 0.465 e. The van der Waals surface area contributed by atoms with E-state index in [-0.39, 0.29) is 5.91 Å². The summed E-state index contributed by atoms with van der Waals surface area (Å²) in [6, 6.07) is 13.3. The lowest BCUT2D eigenvalue weighted by molar-refractivity contribution is 0.0942. The maximum Gasteiger partial charge on any atom is 0.404 e. The van der Waals surface area contributed by atoms with Crippen molar-refractivity contribution in [3.8, 4) is 11.3 Å². The van der Waals surface area contributed by atoms with Gasteiger partial charge in [0, 0.05) is 43.9 Å². The Morgan fingerprint density at radius 1 is 1.03 bits per heavy atom. The van der Waals surface area contributed by atoms with Crippen molar-refractivity contribution in [2.75, 3.05) is 38.7 Å². The molecule has 0 radical (unpaired) electrons. The molecule has 1 aliphatic carbocycles. The molecule has 2 aromatic heterocycles. The maximum atomic E-state index is 13.3. The van der Waals surface area contributed by atoms with Crippen molar-refractivity contribution in [3.63, 3.8) is 0 Å². The molecule has 4 N–H and O–H groups in total. The van der Waals surface area contributed by atoms with Gasteiger partial charge in [0.15, 0.2) is 0 Å². The monoisotopic (exact) mass is 491 g/mol. The van der Waals surface area contributed by atoms with E-state index in [0.29, 0.717) is 49.3 Å². The number of hydrogen-bond acceptors (Lipinski definition) is 6. The number of amides is 2. The molecule has 1 fully saturated rings. The number of hydrogen-bond donors (Lipinski definition) is 4. The zero-order chi connectivity index (χ0) is 25.3. The van der Waals surface area contributed by atoms with Crippen molar-refractivity contribution in [2.45, 2.75) is 25.7 Å². The molecule has 0 aliphatic heterocycles. The molecule has 9 heteroatoms. The molecule has 9 nitrogen and oxygen atoms in total. The number of benzene rings is 1. The maximum absolute atomic E-state index is 13.3. The van der Waals surface area contributed by atoms with Gasteiger partial charge in [-0.3, -0.25) is 4.79 Å². The van der Waals surface area contributed by atoms with Crippen LogP contribution in [-0.2, 0) is 4.74 Å². The predicted molar refractivity (Wildman–Crippen MR) is 139 cm³/mol. The second-order valence-corrected chi connectivity index (χ2v) is 9.21. The molecule has 2 amide bonds. The normalized spacial score (nSPS) is 17.5. The zero-order valence-electron chi connectivity index (χ0n) is 20.5. The van der Waals surface area contributed by atoms with Gasteiger partial charge < -0.3 is 25.8 Å². The van der Waals surface area contributed by atoms with Gasteiger partial charge >= 0.3 is 6.09 Å². The Balaban J connectivity index is 1.43. The van der Waals surface area contributed by atoms with Crippen molar-refractivity contribution in [1.29, 1.82) is 0 Å². The highest BCUT2D eigenvalue weighted by Crippen LogP contribution is 2.29. The number of carbonyl (C=O) groups excluding carboxylic acids is 1. The number of para-hydroxylation sites is 1. The summed E-state index contributed by atoms with van der Waals surface area (Å²) in [6.45, 7) is 2.37. The Morgan fingerprint density at radius 2 is 1.75 bits per heavy atom. The number of rotatable bonds is 10. The van der Waals surface area contributed by atoms with Gasteiger partial charge in [0.05, 0.1) is 23.4 Å². The summed E-state index contributed by atoms with van der Waals surface area (Å²) in [7, 11) is 1.66. The number of anilines is 1. The molecule has 1 aromatic carbocycles. The number of carboxylic acid groups (broad SMARTS) is 1. The van der Waals surface area contributed by atoms with Crippen LogP contribution in [0.15, 0.2) is 48.7 Å². The van der Waals surface area contributed by atoms with Crippen molar-refractivity contribution in [3.05, 3.63) is 54.2 Å². The smallest absolute Gasteiger partial charge is 0.404 e. The van der Waals surface area contributed by atoms with Gasteiger partial charge in [-0.15, -0.1) is 0 Å². The lowest BCUT2D eigenvalue weighted by Gasteiger charge is -2.28. The number of ether oxygens (including phenoxy) is 1. The average molecular weight is 492 g/mol. The van der Waals surface area contributed by atoms with Crippen LogP contribution in [0.25, 0.3) is 22.2 Å². The number of carbonyl (C=O) groups is 2. The van der Waals surface area contributed by atoms with Crippen LogP contribution in [0.5, 0.6) is 0 Å². The Morgan fingerprint density at radius 3 is 2.42 bits per heavy atom. The minimum atomic E-state index is -0.973. The Bertz CT molecular complexity index is 1180. The molecule has 0 spiro atoms. The van der Waals surface area contributed by atoms with Crippen LogP contribution >= 0.6 is 0 Å². The third kappa shape index (κ3) is 6.69. The van der Waals surface area contributed by atoms with Crippen LogP contribution in [0.3, 0.4) is 0 Å². The number of nitrogens with one attached hydrogen (secondary N) is 3. The van der Waals surface area contributed by atoms with Gasteiger partial charge in [-0.1, -0.05) is 18.2 Å². The summed E-state index contributed by atoms with van der Waals surface area (Å²) in [5.41, 5.74) is 2.88. The van der Waals surface area contributed by atoms with E-state index in [2.05, 4.69) is 20.9 Å². The summed E-state index contributed by atoms with van der Waals surface area (Å²) in [5.74, 6) is 1.40. The highest BCUT2D eigenvalue weighted by atomic mass is 16.5. The molecular formula is C27H33N5O4. The molecular weight excluding hydrogens is 458 g/mol. The fourth-order valence-corrected chi connectivity index (χ4v) is 4.65. The minimum Gasteiger partial charge on any atom is -0.465 e. The number of aromatic nitrogens is 2. The standard InChI is InChI=1S/C27H33N5O4/c1-36-13-12-28-25-11-10-20(17-29-25)24-14-22(21-4-2-3-5-23(21)32-24)26(33)30-15-18-6-8-19(9-7-18)16-31-27(34)35/h2-5,10-11,14,17-19,31H,6-9,12-13,15-16H2,1H3,(H,28,29)(H,30,33)(H,34,35)/t18-,19-. The molecule has 36 heavy (non-hydrogen) atoms. The molecule has 0 bridgehead atoms. The number of methoxy groups -OCH3 is 1. The lowest BCUT2D eigenvalue weighted by atomic mass is 9.82. The summed E-state index contributed by atoms with van der Waals surface area (Å²) in [5, 5.41) is 18.4. The van der Waals surface area contributed by atoms with Gasteiger partial charge in [-0.25, -0.2) is 14.8 Å². The van der Waals surface area contributed by atoms with Crippen LogP contribution in [0.1, 0.15) is 36.0 Å². The van der Waals surface area contributed by atoms with Crippen molar-refractivity contribution in [2.24, 2.45) is 11.8 Å². The van der Waals surface area contributed by atoms with Gasteiger partial charge in [0.1, 0.15) is 5.82 Å². The molecule has 1 saturated carbocycles. The zero-order valence-corrected chi connectivity index (χ0v) is 20.5. The summed E-state index contributed by atoms with van der Waals surface area (Å²) in [6.07, 6.45) is 4.67. The summed E-state index contributed by atoms with van der Waals surface area (Å²) >= 11 is 0. The molecule has 0 unspecified atom stereocenters. The molecule has 1 aliphatic rings. The number of fused-ring (bicyclic) bond motifs is 1. The van der Waals surface area contributed by atoms with E-state index in [0.717, 1.165) is 48.0 Å². The van der Waals surface area contributed by atoms with Crippen LogP contribution < -0.4 is 16.0 Å². The first-order chi connectivity index (χ1) is 17.5.